The molecule has 0 saturated carbocycles. The molecule has 0 aromatic heterocycles. The van der Waals surface area contributed by atoms with Crippen LogP contribution in [0.1, 0.15) is 0 Å². The van der Waals surface area contributed by atoms with Crippen molar-refractivity contribution in [2.24, 2.45) is 0 Å². The Labute approximate surface area is 70.5 Å². The van der Waals surface area contributed by atoms with Crippen molar-refractivity contribution in [2.75, 3.05) is 0 Å². The summed E-state index contributed by atoms with van der Waals surface area (Å²) in [5.41, 5.74) is 0. The monoisotopic (exact) mass is 173 g/mol. The van der Waals surface area contributed by atoms with Gasteiger partial charge in [-0.3, -0.25) is 0 Å². The molecule has 0 saturated heterocycles. The van der Waals surface area contributed by atoms with E-state index in [2.05, 4.69) is 37.6 Å². The zero-order chi connectivity index (χ0) is 7.54. The van der Waals surface area contributed by atoms with Crippen LogP contribution in [0.2, 0.25) is 0 Å². The fraction of sp³-hybridized carbons (Fsp3) is 0. The molecule has 0 N–H and O–H groups in total. The van der Waals surface area contributed by atoms with Crippen molar-refractivity contribution in [3.05, 3.63) is 43.6 Å². The Morgan fingerprint density at radius 3 is 1.30 bits per heavy atom. The molecule has 0 aliphatic carbocycles. The second kappa shape index (κ2) is 23.8. The molecule has 0 bridgehead atoms. The van der Waals surface area contributed by atoms with Gasteiger partial charge in [0.2, 0.25) is 0 Å². The van der Waals surface area contributed by atoms with Gasteiger partial charge in [-0.25, -0.2) is 0 Å². The molecule has 2 nitrogen and oxygen atoms in total. The van der Waals surface area contributed by atoms with Gasteiger partial charge in [-0.15, -0.1) is 0 Å². The Balaban J connectivity index is -0.0000000875. The summed E-state index contributed by atoms with van der Waals surface area (Å²) in [7, 11) is 0. The quantitative estimate of drug-likeness (QED) is 0.312. The fourth-order valence-corrected chi connectivity index (χ4v) is 0.180. The predicted molar refractivity (Wildman–Crippen MR) is 25.2 cm³/mol. The maximum atomic E-state index is 7.50. The summed E-state index contributed by atoms with van der Waals surface area (Å²) in [6, 6.07) is 12.0. The van der Waals surface area contributed by atoms with Crippen LogP contribution in [0.4, 0.5) is 0 Å². The minimum atomic E-state index is 0. The number of rotatable bonds is 0. The molecule has 1 aromatic rings. The minimum Gasteiger partial charge on any atom is -0.999 e. The van der Waals surface area contributed by atoms with Gasteiger partial charge in [0.05, 0.1) is 0 Å². The van der Waals surface area contributed by atoms with Gasteiger partial charge in [-0.2, -0.15) is 0 Å². The third-order valence-electron chi connectivity index (χ3n) is 0.351. The molecule has 0 spiro atoms. The predicted octanol–water partition coefficient (Wildman–Crippen LogP) is 0.529. The zero-order valence-electron chi connectivity index (χ0n) is 4.75. The molecule has 1 aromatic carbocycles. The normalized spacial score (nSPS) is 4.40. The fourth-order valence-electron chi connectivity index (χ4n) is 0.180. The van der Waals surface area contributed by atoms with Gasteiger partial charge >= 0.3 is 39.7 Å². The molecule has 0 unspecified atom stereocenters. The summed E-state index contributed by atoms with van der Waals surface area (Å²) >= 11 is 0. The molecule has 0 aliphatic rings. The standard InChI is InChI=1S/C5H.2CO.Fe/c1-2-4-5-3-1;2*1-2;/h1H;;;/q-5;;;+2. The number of hydrogen-bond donors (Lipinski definition) is 0. The van der Waals surface area contributed by atoms with Crippen molar-refractivity contribution in [3.63, 3.8) is 0 Å². The van der Waals surface area contributed by atoms with Crippen LogP contribution in [-0.4, -0.2) is 0 Å². The second-order valence-electron chi connectivity index (χ2n) is 0.683. The maximum absolute atomic E-state index is 7.50. The molecule has 0 fully saturated rings. The van der Waals surface area contributed by atoms with E-state index in [1.807, 2.05) is 0 Å². The molecule has 0 radical (unpaired) electrons. The molecule has 10 heavy (non-hydrogen) atoms. The van der Waals surface area contributed by atoms with Crippen LogP contribution in [0.3, 0.4) is 0 Å². The molecule has 3 heteroatoms. The summed E-state index contributed by atoms with van der Waals surface area (Å²) in [5, 5.41) is 0. The molecular formula is C7HFeO2-3. The second-order valence-corrected chi connectivity index (χ2v) is 0.683. The van der Waals surface area contributed by atoms with E-state index in [-0.39, 0.29) is 17.1 Å². The summed E-state index contributed by atoms with van der Waals surface area (Å²) in [6.07, 6.45) is 0. The Hall–Kier alpha value is -0.651. The molecule has 0 atom stereocenters. The van der Waals surface area contributed by atoms with E-state index in [0.29, 0.717) is 0 Å². The van der Waals surface area contributed by atoms with Gasteiger partial charge in [0.1, 0.15) is 0 Å². The first-order chi connectivity index (χ1) is 4.50. The summed E-state index contributed by atoms with van der Waals surface area (Å²) < 4.78 is 15.0. The first kappa shape index (κ1) is 16.2. The van der Waals surface area contributed by atoms with Gasteiger partial charge in [-0.05, 0) is 0 Å². The van der Waals surface area contributed by atoms with E-state index in [1.165, 1.54) is 0 Å². The molecule has 0 heterocycles. The van der Waals surface area contributed by atoms with Crippen LogP contribution in [0, 0.1) is 37.6 Å². The van der Waals surface area contributed by atoms with E-state index in [1.54, 1.807) is 6.07 Å². The Bertz CT molecular complexity index is 118. The van der Waals surface area contributed by atoms with Crippen molar-refractivity contribution >= 4 is 0 Å². The molecular weight excluding hydrogens is 172 g/mol. The van der Waals surface area contributed by atoms with Crippen LogP contribution in [-0.2, 0) is 26.4 Å². The largest absolute Gasteiger partial charge is 2.00 e. The zero-order valence-corrected chi connectivity index (χ0v) is 5.85. The smallest absolute Gasteiger partial charge is 0.999 e. The number of hydrogen-bond acceptors (Lipinski definition) is 0. The Morgan fingerprint density at radius 2 is 1.20 bits per heavy atom. The van der Waals surface area contributed by atoms with Gasteiger partial charge in [0.25, 0.3) is 0 Å². The molecule has 0 aliphatic heterocycles. The van der Waals surface area contributed by atoms with Crippen molar-refractivity contribution in [1.82, 2.24) is 0 Å². The van der Waals surface area contributed by atoms with E-state index < -0.39 is 0 Å². The van der Waals surface area contributed by atoms with E-state index in [9.17, 15) is 0 Å². The van der Waals surface area contributed by atoms with Crippen LogP contribution in [0.15, 0.2) is 6.07 Å². The first-order valence-corrected chi connectivity index (χ1v) is 1.74. The minimum absolute atomic E-state index is 0. The first-order valence-electron chi connectivity index (χ1n) is 1.74. The third-order valence-corrected chi connectivity index (χ3v) is 0.351. The van der Waals surface area contributed by atoms with Crippen LogP contribution in [0.5, 0.6) is 0 Å². The third kappa shape index (κ3) is 15.7. The van der Waals surface area contributed by atoms with E-state index in [0.717, 1.165) is 0 Å². The Morgan fingerprint density at radius 1 is 0.900 bits per heavy atom. The van der Waals surface area contributed by atoms with Gasteiger partial charge in [0.15, 0.2) is 0 Å². The van der Waals surface area contributed by atoms with Gasteiger partial charge in [0, 0.05) is 0 Å². The van der Waals surface area contributed by atoms with E-state index in [4.69, 9.17) is 9.30 Å². The maximum Gasteiger partial charge on any atom is 2.00 e. The average molecular weight is 173 g/mol. The van der Waals surface area contributed by atoms with Crippen LogP contribution in [0.25, 0.3) is 0 Å². The van der Waals surface area contributed by atoms with Crippen molar-refractivity contribution in [3.8, 4) is 0 Å². The SMILES string of the molecule is [C-]#[O+].[C-]#[O+].[Fe+2].[c-]1[c-][c-][cH-][c-]1. The van der Waals surface area contributed by atoms with Crippen molar-refractivity contribution < 1.29 is 26.4 Å². The average Bonchev–Trinajstić information content (AvgIpc) is 2.51. The molecule has 0 amide bonds. The molecule has 52 valence electrons. The molecule has 1 rings (SSSR count). The summed E-state index contributed by atoms with van der Waals surface area (Å²) in [6.45, 7) is 9.00. The van der Waals surface area contributed by atoms with Crippen LogP contribution < -0.4 is 0 Å². The topological polar surface area (TPSA) is 39.8 Å². The Kier molecular flexibility index (Phi) is 38.5. The van der Waals surface area contributed by atoms with Crippen molar-refractivity contribution in [1.29, 1.82) is 0 Å². The van der Waals surface area contributed by atoms with Gasteiger partial charge < -0.3 is 30.3 Å². The van der Waals surface area contributed by atoms with Crippen LogP contribution >= 0.6 is 0 Å². The summed E-state index contributed by atoms with van der Waals surface area (Å²) in [4.78, 5) is 0. The van der Waals surface area contributed by atoms with Gasteiger partial charge in [-0.1, -0.05) is 0 Å². The van der Waals surface area contributed by atoms with E-state index >= 15 is 0 Å². The summed E-state index contributed by atoms with van der Waals surface area (Å²) in [5.74, 6) is 0. The van der Waals surface area contributed by atoms with Crippen molar-refractivity contribution in [2.45, 2.75) is 0 Å².